The molecule has 2 N–H and O–H groups in total. The minimum atomic E-state index is -1.04. The SMILES string of the molecule is CCc1ccsc1C(=O)Nc1cc(COC)cc(C(=O)O)c1. The molecule has 5 nitrogen and oxygen atoms in total. The third-order valence-corrected chi connectivity index (χ3v) is 4.10. The lowest BCUT2D eigenvalue weighted by Crippen LogP contribution is -2.13. The number of benzene rings is 1. The average molecular weight is 319 g/mol. The van der Waals surface area contributed by atoms with Crippen LogP contribution in [0.1, 0.15) is 38.1 Å². The molecule has 0 fully saturated rings. The Morgan fingerprint density at radius 2 is 2.09 bits per heavy atom. The molecular weight excluding hydrogens is 302 g/mol. The molecule has 0 bridgehead atoms. The van der Waals surface area contributed by atoms with E-state index in [4.69, 9.17) is 9.84 Å². The summed E-state index contributed by atoms with van der Waals surface area (Å²) in [5, 5.41) is 13.8. The number of amides is 1. The van der Waals surface area contributed by atoms with E-state index in [0.717, 1.165) is 12.0 Å². The predicted octanol–water partition coefficient (Wildman–Crippen LogP) is 3.41. The van der Waals surface area contributed by atoms with Crippen LogP contribution in [-0.2, 0) is 17.8 Å². The molecule has 1 aromatic heterocycles. The summed E-state index contributed by atoms with van der Waals surface area (Å²) in [4.78, 5) is 24.1. The summed E-state index contributed by atoms with van der Waals surface area (Å²) in [6.07, 6.45) is 0.774. The van der Waals surface area contributed by atoms with E-state index in [1.54, 1.807) is 6.07 Å². The lowest BCUT2D eigenvalue weighted by Gasteiger charge is -2.09. The number of hydrogen-bond donors (Lipinski definition) is 2. The number of rotatable bonds is 6. The predicted molar refractivity (Wildman–Crippen MR) is 85.8 cm³/mol. The molecule has 2 aromatic rings. The maximum absolute atomic E-state index is 12.3. The van der Waals surface area contributed by atoms with Gasteiger partial charge in [0.2, 0.25) is 0 Å². The second-order valence-electron chi connectivity index (χ2n) is 4.74. The molecule has 2 rings (SSSR count). The average Bonchev–Trinajstić information content (AvgIpc) is 2.95. The number of carboxylic acids is 1. The van der Waals surface area contributed by atoms with Crippen LogP contribution in [0.3, 0.4) is 0 Å². The van der Waals surface area contributed by atoms with E-state index in [2.05, 4.69) is 5.32 Å². The Morgan fingerprint density at radius 1 is 1.32 bits per heavy atom. The molecule has 0 spiro atoms. The largest absolute Gasteiger partial charge is 0.478 e. The molecule has 1 amide bonds. The van der Waals surface area contributed by atoms with Gasteiger partial charge in [-0.15, -0.1) is 11.3 Å². The van der Waals surface area contributed by atoms with Crippen molar-refractivity contribution < 1.29 is 19.4 Å². The standard InChI is InChI=1S/C16H17NO4S/c1-3-11-4-5-22-14(11)15(18)17-13-7-10(9-21-2)6-12(8-13)16(19)20/h4-8H,3,9H2,1-2H3,(H,17,18)(H,19,20). The molecule has 0 aliphatic carbocycles. The van der Waals surface area contributed by atoms with E-state index in [9.17, 15) is 9.59 Å². The van der Waals surface area contributed by atoms with Gasteiger partial charge >= 0.3 is 5.97 Å². The third kappa shape index (κ3) is 3.72. The molecule has 1 aromatic carbocycles. The number of carboxylic acid groups (broad SMARTS) is 1. The van der Waals surface area contributed by atoms with Crippen molar-refractivity contribution in [1.82, 2.24) is 0 Å². The molecule has 0 radical (unpaired) electrons. The highest BCUT2D eigenvalue weighted by molar-refractivity contribution is 7.12. The first-order valence-corrected chi connectivity index (χ1v) is 7.67. The van der Waals surface area contributed by atoms with Gasteiger partial charge in [-0.3, -0.25) is 4.79 Å². The Balaban J connectivity index is 2.28. The van der Waals surface area contributed by atoms with Crippen LogP contribution in [0.2, 0.25) is 0 Å². The Hall–Kier alpha value is -2.18. The van der Waals surface area contributed by atoms with Crippen molar-refractivity contribution in [2.24, 2.45) is 0 Å². The number of carbonyl (C=O) groups excluding carboxylic acids is 1. The van der Waals surface area contributed by atoms with Gasteiger partial charge in [0.25, 0.3) is 5.91 Å². The molecule has 116 valence electrons. The van der Waals surface area contributed by atoms with Crippen molar-refractivity contribution in [3.63, 3.8) is 0 Å². The van der Waals surface area contributed by atoms with Gasteiger partial charge in [-0.25, -0.2) is 4.79 Å². The quantitative estimate of drug-likeness (QED) is 0.855. The maximum Gasteiger partial charge on any atom is 0.335 e. The van der Waals surface area contributed by atoms with Gasteiger partial charge in [-0.2, -0.15) is 0 Å². The second kappa shape index (κ2) is 7.20. The Bertz CT molecular complexity index is 693. The molecule has 0 atom stereocenters. The van der Waals surface area contributed by atoms with Crippen molar-refractivity contribution in [2.45, 2.75) is 20.0 Å². The maximum atomic E-state index is 12.3. The highest BCUT2D eigenvalue weighted by Crippen LogP contribution is 2.21. The van der Waals surface area contributed by atoms with E-state index in [1.165, 1.54) is 30.6 Å². The smallest absolute Gasteiger partial charge is 0.335 e. The number of aryl methyl sites for hydroxylation is 1. The lowest BCUT2D eigenvalue weighted by atomic mass is 10.1. The van der Waals surface area contributed by atoms with Gasteiger partial charge in [0.15, 0.2) is 0 Å². The van der Waals surface area contributed by atoms with Crippen LogP contribution < -0.4 is 5.32 Å². The minimum absolute atomic E-state index is 0.117. The lowest BCUT2D eigenvalue weighted by molar-refractivity contribution is 0.0696. The normalized spacial score (nSPS) is 10.5. The van der Waals surface area contributed by atoms with E-state index < -0.39 is 5.97 Å². The molecule has 0 saturated heterocycles. The van der Waals surface area contributed by atoms with Crippen molar-refractivity contribution in [1.29, 1.82) is 0 Å². The number of methoxy groups -OCH3 is 1. The van der Waals surface area contributed by atoms with Crippen molar-refractivity contribution >= 4 is 28.9 Å². The van der Waals surface area contributed by atoms with Gasteiger partial charge in [-0.05, 0) is 47.2 Å². The number of anilines is 1. The summed E-state index contributed by atoms with van der Waals surface area (Å²) >= 11 is 1.37. The zero-order chi connectivity index (χ0) is 16.1. The Morgan fingerprint density at radius 3 is 2.73 bits per heavy atom. The van der Waals surface area contributed by atoms with Gasteiger partial charge in [0.1, 0.15) is 0 Å². The van der Waals surface area contributed by atoms with Crippen LogP contribution in [0.4, 0.5) is 5.69 Å². The number of carbonyl (C=O) groups is 2. The van der Waals surface area contributed by atoms with Crippen LogP contribution in [0, 0.1) is 0 Å². The van der Waals surface area contributed by atoms with Crippen LogP contribution in [0.25, 0.3) is 0 Å². The Kier molecular flexibility index (Phi) is 5.30. The second-order valence-corrected chi connectivity index (χ2v) is 5.66. The summed E-state index contributed by atoms with van der Waals surface area (Å²) < 4.78 is 5.03. The van der Waals surface area contributed by atoms with Crippen LogP contribution >= 0.6 is 11.3 Å². The fraction of sp³-hybridized carbons (Fsp3) is 0.250. The number of aromatic carboxylic acids is 1. The summed E-state index contributed by atoms with van der Waals surface area (Å²) in [5.74, 6) is -1.27. The highest BCUT2D eigenvalue weighted by atomic mass is 32.1. The van der Waals surface area contributed by atoms with Crippen LogP contribution in [-0.4, -0.2) is 24.1 Å². The van der Waals surface area contributed by atoms with E-state index in [1.807, 2.05) is 18.4 Å². The van der Waals surface area contributed by atoms with Gasteiger partial charge < -0.3 is 15.2 Å². The number of hydrogen-bond acceptors (Lipinski definition) is 4. The molecule has 0 saturated carbocycles. The number of thiophene rings is 1. The van der Waals surface area contributed by atoms with Crippen molar-refractivity contribution in [2.75, 3.05) is 12.4 Å². The van der Waals surface area contributed by atoms with E-state index >= 15 is 0 Å². The fourth-order valence-corrected chi connectivity index (χ4v) is 3.03. The monoisotopic (exact) mass is 319 g/mol. The van der Waals surface area contributed by atoms with Crippen molar-refractivity contribution in [3.8, 4) is 0 Å². The van der Waals surface area contributed by atoms with E-state index in [-0.39, 0.29) is 18.1 Å². The van der Waals surface area contributed by atoms with Crippen LogP contribution in [0.5, 0.6) is 0 Å². The summed E-state index contributed by atoms with van der Waals surface area (Å²) in [6, 6.07) is 6.61. The summed E-state index contributed by atoms with van der Waals surface area (Å²) in [6.45, 7) is 2.27. The van der Waals surface area contributed by atoms with Gasteiger partial charge in [0.05, 0.1) is 17.0 Å². The molecule has 6 heteroatoms. The summed E-state index contributed by atoms with van der Waals surface area (Å²) in [5.41, 5.74) is 2.24. The van der Waals surface area contributed by atoms with Crippen LogP contribution in [0.15, 0.2) is 29.6 Å². The first-order chi connectivity index (χ1) is 10.5. The van der Waals surface area contributed by atoms with Gasteiger partial charge in [0, 0.05) is 12.8 Å². The zero-order valence-electron chi connectivity index (χ0n) is 12.4. The molecule has 1 heterocycles. The zero-order valence-corrected chi connectivity index (χ0v) is 13.2. The summed E-state index contributed by atoms with van der Waals surface area (Å²) in [7, 11) is 1.53. The first-order valence-electron chi connectivity index (χ1n) is 6.79. The van der Waals surface area contributed by atoms with Crippen molar-refractivity contribution in [3.05, 3.63) is 51.2 Å². The third-order valence-electron chi connectivity index (χ3n) is 3.14. The molecule has 0 aliphatic heterocycles. The number of nitrogens with one attached hydrogen (secondary N) is 1. The minimum Gasteiger partial charge on any atom is -0.478 e. The first kappa shape index (κ1) is 16.2. The highest BCUT2D eigenvalue weighted by Gasteiger charge is 2.14. The van der Waals surface area contributed by atoms with E-state index in [0.29, 0.717) is 16.1 Å². The molecule has 0 aliphatic rings. The fourth-order valence-electron chi connectivity index (χ4n) is 2.14. The topological polar surface area (TPSA) is 75.6 Å². The molecular formula is C16H17NO4S. The Labute approximate surface area is 132 Å². The molecule has 0 unspecified atom stereocenters. The van der Waals surface area contributed by atoms with Gasteiger partial charge in [-0.1, -0.05) is 6.92 Å². The number of ether oxygens (including phenoxy) is 1. The molecule has 22 heavy (non-hydrogen) atoms.